The van der Waals surface area contributed by atoms with Gasteiger partial charge in [0.25, 0.3) is 11.8 Å². The summed E-state index contributed by atoms with van der Waals surface area (Å²) in [6.07, 6.45) is -1.95. The first-order chi connectivity index (χ1) is 21.1. The molecule has 0 unspecified atom stereocenters. The molecular formula is C31H34F4N4O5S. The zero-order valence-corrected chi connectivity index (χ0v) is 25.6. The van der Waals surface area contributed by atoms with Gasteiger partial charge in [-0.05, 0) is 98.5 Å². The van der Waals surface area contributed by atoms with Gasteiger partial charge in [-0.15, -0.1) is 0 Å². The maximum Gasteiger partial charge on any atom is 0.419 e. The Balaban J connectivity index is 1.26. The Hall–Kier alpha value is -3.62. The number of hydrogen-bond acceptors (Lipinski definition) is 6. The number of aliphatic hydroxyl groups is 1. The number of aryl methyl sites for hydroxylation is 2. The van der Waals surface area contributed by atoms with E-state index in [4.69, 9.17) is 0 Å². The van der Waals surface area contributed by atoms with Crippen LogP contribution in [0.2, 0.25) is 0 Å². The predicted molar refractivity (Wildman–Crippen MR) is 159 cm³/mol. The SMILES string of the molecule is Cc1cc(C(=O)N2CCC(CO)CC2)cc(C)c1/C=C/S(=O)(=O)N1CCC2(CC1)N=C(c1ccc(F)c(C(F)(F)F)c1)NC2=O. The predicted octanol–water partition coefficient (Wildman–Crippen LogP) is 4.02. The number of carbonyl (C=O) groups is 2. The van der Waals surface area contributed by atoms with Gasteiger partial charge in [0.1, 0.15) is 17.2 Å². The van der Waals surface area contributed by atoms with Crippen LogP contribution in [0, 0.1) is 25.6 Å². The lowest BCUT2D eigenvalue weighted by atomic mass is 9.89. The van der Waals surface area contributed by atoms with Crippen molar-refractivity contribution in [2.75, 3.05) is 32.8 Å². The number of rotatable bonds is 6. The first-order valence-corrected chi connectivity index (χ1v) is 16.1. The number of hydrogen-bond donors (Lipinski definition) is 2. The average Bonchev–Trinajstić information content (AvgIpc) is 3.30. The number of likely N-dealkylation sites (tertiary alicyclic amines) is 1. The number of amides is 2. The fourth-order valence-electron chi connectivity index (χ4n) is 6.09. The van der Waals surface area contributed by atoms with Gasteiger partial charge >= 0.3 is 6.18 Å². The Morgan fingerprint density at radius 3 is 2.29 bits per heavy atom. The van der Waals surface area contributed by atoms with Gasteiger partial charge in [0.05, 0.1) is 5.56 Å². The van der Waals surface area contributed by atoms with Gasteiger partial charge in [-0.3, -0.25) is 14.6 Å². The summed E-state index contributed by atoms with van der Waals surface area (Å²) in [4.78, 5) is 32.1. The highest BCUT2D eigenvalue weighted by molar-refractivity contribution is 7.92. The number of aliphatic hydroxyl groups excluding tert-OH is 1. The van der Waals surface area contributed by atoms with E-state index < -0.39 is 39.0 Å². The number of halogens is 4. The van der Waals surface area contributed by atoms with Gasteiger partial charge in [0, 0.05) is 49.3 Å². The number of piperidine rings is 2. The van der Waals surface area contributed by atoms with E-state index >= 15 is 0 Å². The van der Waals surface area contributed by atoms with Crippen LogP contribution in [0.25, 0.3) is 6.08 Å². The van der Waals surface area contributed by atoms with E-state index in [0.717, 1.165) is 35.4 Å². The Bertz CT molecular complexity index is 1650. The standard InChI is InChI=1S/C31H34F4N4O5S/c1-19-15-23(28(41)38-10-5-21(18-40)6-11-38)16-20(2)24(19)7-14-45(43,44)39-12-8-30(9-13-39)29(42)36-27(37-30)22-3-4-26(32)25(17-22)31(33,34)35/h3-4,7,14-17,21,40H,5-6,8-13,18H2,1-2H3,(H,36,37,42)/b14-7+. The number of sulfonamides is 1. The van der Waals surface area contributed by atoms with E-state index in [2.05, 4.69) is 10.3 Å². The minimum Gasteiger partial charge on any atom is -0.396 e. The Morgan fingerprint density at radius 2 is 1.71 bits per heavy atom. The van der Waals surface area contributed by atoms with E-state index in [9.17, 15) is 40.7 Å². The van der Waals surface area contributed by atoms with E-state index in [1.165, 1.54) is 10.4 Å². The van der Waals surface area contributed by atoms with Crippen LogP contribution >= 0.6 is 0 Å². The average molecular weight is 651 g/mol. The molecule has 2 N–H and O–H groups in total. The monoisotopic (exact) mass is 650 g/mol. The fraction of sp³-hybridized carbons (Fsp3) is 0.452. The van der Waals surface area contributed by atoms with E-state index in [-0.39, 0.29) is 55.8 Å². The van der Waals surface area contributed by atoms with Gasteiger partial charge in [-0.2, -0.15) is 17.5 Å². The molecule has 0 aliphatic carbocycles. The van der Waals surface area contributed by atoms with E-state index in [1.54, 1.807) is 30.9 Å². The third-order valence-corrected chi connectivity index (χ3v) is 10.4. The Kier molecular flexibility index (Phi) is 8.95. The van der Waals surface area contributed by atoms with Crippen LogP contribution in [0.4, 0.5) is 17.6 Å². The molecule has 2 aromatic rings. The molecule has 3 aliphatic heterocycles. The van der Waals surface area contributed by atoms with Gasteiger partial charge < -0.3 is 15.3 Å². The number of nitrogens with one attached hydrogen (secondary N) is 1. The molecule has 14 heteroatoms. The zero-order valence-electron chi connectivity index (χ0n) is 24.8. The molecule has 0 aromatic heterocycles. The molecule has 5 rings (SSSR count). The van der Waals surface area contributed by atoms with Crippen molar-refractivity contribution in [1.82, 2.24) is 14.5 Å². The molecule has 242 valence electrons. The summed E-state index contributed by atoms with van der Waals surface area (Å²) in [7, 11) is -3.91. The number of benzene rings is 2. The van der Waals surface area contributed by atoms with Crippen molar-refractivity contribution in [2.45, 2.75) is 51.2 Å². The van der Waals surface area contributed by atoms with Crippen molar-refractivity contribution in [2.24, 2.45) is 10.9 Å². The van der Waals surface area contributed by atoms with Crippen molar-refractivity contribution < 1.29 is 40.7 Å². The molecule has 0 saturated carbocycles. The zero-order chi connectivity index (χ0) is 32.7. The van der Waals surface area contributed by atoms with Crippen molar-refractivity contribution in [3.63, 3.8) is 0 Å². The minimum atomic E-state index is -4.93. The number of amidine groups is 1. The molecule has 9 nitrogen and oxygen atoms in total. The Morgan fingerprint density at radius 1 is 1.09 bits per heavy atom. The fourth-order valence-corrected chi connectivity index (χ4v) is 7.27. The highest BCUT2D eigenvalue weighted by Crippen LogP contribution is 2.35. The lowest BCUT2D eigenvalue weighted by Gasteiger charge is -2.34. The summed E-state index contributed by atoms with van der Waals surface area (Å²) in [5, 5.41) is 12.9. The summed E-state index contributed by atoms with van der Waals surface area (Å²) in [6, 6.07) is 5.82. The molecule has 0 radical (unpaired) electrons. The minimum absolute atomic E-state index is 0.00708. The maximum absolute atomic E-state index is 13.8. The molecule has 45 heavy (non-hydrogen) atoms. The van der Waals surface area contributed by atoms with Crippen molar-refractivity contribution in [3.05, 3.63) is 74.9 Å². The van der Waals surface area contributed by atoms with Crippen LogP contribution in [-0.2, 0) is 21.0 Å². The second-order valence-corrected chi connectivity index (χ2v) is 13.6. The highest BCUT2D eigenvalue weighted by Gasteiger charge is 2.47. The van der Waals surface area contributed by atoms with Crippen LogP contribution in [-0.4, -0.2) is 78.7 Å². The molecule has 2 aromatic carbocycles. The molecule has 3 aliphatic rings. The second kappa shape index (κ2) is 12.3. The van der Waals surface area contributed by atoms with Crippen LogP contribution in [0.1, 0.15) is 63.9 Å². The van der Waals surface area contributed by atoms with E-state index in [0.29, 0.717) is 36.3 Å². The van der Waals surface area contributed by atoms with Crippen molar-refractivity contribution >= 4 is 33.7 Å². The highest BCUT2D eigenvalue weighted by atomic mass is 32.2. The molecule has 0 bridgehead atoms. The van der Waals surface area contributed by atoms with Crippen LogP contribution in [0.5, 0.6) is 0 Å². The molecule has 2 amide bonds. The van der Waals surface area contributed by atoms with Gasteiger partial charge in [-0.1, -0.05) is 0 Å². The van der Waals surface area contributed by atoms with Gasteiger partial charge in [0.15, 0.2) is 0 Å². The van der Waals surface area contributed by atoms with Gasteiger partial charge in [0.2, 0.25) is 10.0 Å². The van der Waals surface area contributed by atoms with E-state index in [1.807, 2.05) is 0 Å². The lowest BCUT2D eigenvalue weighted by molar-refractivity contribution is -0.140. The smallest absolute Gasteiger partial charge is 0.396 e. The maximum atomic E-state index is 13.8. The first-order valence-electron chi connectivity index (χ1n) is 14.6. The Labute approximate surface area is 258 Å². The van der Waals surface area contributed by atoms with Crippen molar-refractivity contribution in [3.8, 4) is 0 Å². The molecule has 2 saturated heterocycles. The summed E-state index contributed by atoms with van der Waals surface area (Å²) in [5.41, 5.74) is -0.296. The van der Waals surface area contributed by atoms with Crippen molar-refractivity contribution in [1.29, 1.82) is 0 Å². The lowest BCUT2D eigenvalue weighted by Crippen LogP contribution is -2.50. The summed E-state index contributed by atoms with van der Waals surface area (Å²) in [6.45, 7) is 4.74. The number of nitrogens with zero attached hydrogens (tertiary/aromatic N) is 3. The topological polar surface area (TPSA) is 119 Å². The second-order valence-electron chi connectivity index (χ2n) is 11.8. The number of aliphatic imine (C=N–C) groups is 1. The first kappa shape index (κ1) is 32.8. The molecule has 2 fully saturated rings. The normalized spacial score (nSPS) is 19.8. The molecular weight excluding hydrogens is 616 g/mol. The summed E-state index contributed by atoms with van der Waals surface area (Å²) < 4.78 is 81.0. The third kappa shape index (κ3) is 6.68. The quantitative estimate of drug-likeness (QED) is 0.458. The van der Waals surface area contributed by atoms with Crippen LogP contribution in [0.15, 0.2) is 40.7 Å². The largest absolute Gasteiger partial charge is 0.419 e. The summed E-state index contributed by atoms with van der Waals surface area (Å²) in [5.74, 6) is -2.02. The molecule has 3 heterocycles. The summed E-state index contributed by atoms with van der Waals surface area (Å²) >= 11 is 0. The number of alkyl halides is 3. The molecule has 1 spiro atoms. The van der Waals surface area contributed by atoms with Crippen LogP contribution in [0.3, 0.4) is 0 Å². The van der Waals surface area contributed by atoms with Crippen LogP contribution < -0.4 is 5.32 Å². The van der Waals surface area contributed by atoms with Gasteiger partial charge in [-0.25, -0.2) is 12.8 Å². The third-order valence-electron chi connectivity index (χ3n) is 8.84. The molecule has 0 atom stereocenters. The number of carbonyl (C=O) groups excluding carboxylic acids is 2.